The normalized spacial score (nSPS) is 19.8. The number of ether oxygens (including phenoxy) is 1. The van der Waals surface area contributed by atoms with Crippen molar-refractivity contribution in [3.8, 4) is 0 Å². The van der Waals surface area contributed by atoms with Gasteiger partial charge in [-0.2, -0.15) is 4.80 Å². The third-order valence-corrected chi connectivity index (χ3v) is 3.03. The van der Waals surface area contributed by atoms with Gasteiger partial charge in [0.1, 0.15) is 0 Å². The SMILES string of the molecule is CCOC1(C)CN(Cc2nnn(C(C)(C)C)n2)C1. The zero-order chi connectivity index (χ0) is 13.4. The van der Waals surface area contributed by atoms with Crippen LogP contribution in [0.5, 0.6) is 0 Å². The Hall–Kier alpha value is -1.01. The van der Waals surface area contributed by atoms with Crippen molar-refractivity contribution in [3.05, 3.63) is 5.82 Å². The van der Waals surface area contributed by atoms with Crippen LogP contribution in [0, 0.1) is 0 Å². The van der Waals surface area contributed by atoms with Crippen molar-refractivity contribution in [2.24, 2.45) is 0 Å². The first-order valence-corrected chi connectivity index (χ1v) is 6.48. The minimum Gasteiger partial charge on any atom is -0.373 e. The molecule has 0 aromatic carbocycles. The molecule has 0 atom stereocenters. The summed E-state index contributed by atoms with van der Waals surface area (Å²) in [6.07, 6.45) is 0. The third kappa shape index (κ3) is 2.87. The van der Waals surface area contributed by atoms with Gasteiger partial charge in [0, 0.05) is 19.7 Å². The number of rotatable bonds is 4. The second kappa shape index (κ2) is 4.59. The average Bonchev–Trinajstić information content (AvgIpc) is 2.63. The molecule has 1 aliphatic heterocycles. The van der Waals surface area contributed by atoms with E-state index in [1.165, 1.54) is 0 Å². The number of nitrogens with zero attached hydrogens (tertiary/aromatic N) is 5. The van der Waals surface area contributed by atoms with Gasteiger partial charge < -0.3 is 4.74 Å². The van der Waals surface area contributed by atoms with E-state index in [9.17, 15) is 0 Å². The van der Waals surface area contributed by atoms with E-state index < -0.39 is 0 Å². The largest absolute Gasteiger partial charge is 0.373 e. The standard InChI is InChI=1S/C12H23N5O/c1-6-18-12(5)8-16(9-12)7-10-13-15-17(14-10)11(2,3)4/h6-9H2,1-5H3. The molecular weight excluding hydrogens is 230 g/mol. The molecule has 1 saturated heterocycles. The predicted octanol–water partition coefficient (Wildman–Crippen LogP) is 1.04. The van der Waals surface area contributed by atoms with Crippen molar-refractivity contribution in [2.75, 3.05) is 19.7 Å². The van der Waals surface area contributed by atoms with Gasteiger partial charge in [-0.1, -0.05) is 0 Å². The lowest BCUT2D eigenvalue weighted by Gasteiger charge is -2.47. The third-order valence-electron chi connectivity index (χ3n) is 3.03. The summed E-state index contributed by atoms with van der Waals surface area (Å²) in [5, 5.41) is 12.6. The molecule has 6 nitrogen and oxygen atoms in total. The average molecular weight is 253 g/mol. The van der Waals surface area contributed by atoms with Crippen molar-refractivity contribution in [2.45, 2.75) is 52.3 Å². The van der Waals surface area contributed by atoms with Crippen LogP contribution < -0.4 is 0 Å². The van der Waals surface area contributed by atoms with Gasteiger partial charge in [0.15, 0.2) is 5.82 Å². The molecule has 0 radical (unpaired) electrons. The Labute approximate surface area is 108 Å². The van der Waals surface area contributed by atoms with E-state index in [4.69, 9.17) is 4.74 Å². The number of hydrogen-bond acceptors (Lipinski definition) is 5. The topological polar surface area (TPSA) is 56.1 Å². The maximum atomic E-state index is 5.69. The smallest absolute Gasteiger partial charge is 0.188 e. The maximum Gasteiger partial charge on any atom is 0.188 e. The monoisotopic (exact) mass is 253 g/mol. The molecule has 0 saturated carbocycles. The fraction of sp³-hybridized carbons (Fsp3) is 0.917. The van der Waals surface area contributed by atoms with Crippen LogP contribution in [0.1, 0.15) is 40.4 Å². The number of aromatic nitrogens is 4. The lowest BCUT2D eigenvalue weighted by molar-refractivity contribution is -0.132. The fourth-order valence-electron chi connectivity index (χ4n) is 2.24. The summed E-state index contributed by atoms with van der Waals surface area (Å²) >= 11 is 0. The highest BCUT2D eigenvalue weighted by Crippen LogP contribution is 2.25. The molecule has 0 N–H and O–H groups in total. The predicted molar refractivity (Wildman–Crippen MR) is 68.1 cm³/mol. The van der Waals surface area contributed by atoms with Crippen molar-refractivity contribution in [3.63, 3.8) is 0 Å². The second-order valence-electron chi connectivity index (χ2n) is 6.19. The van der Waals surface area contributed by atoms with E-state index >= 15 is 0 Å². The Balaban J connectivity index is 1.87. The van der Waals surface area contributed by atoms with Crippen LogP contribution in [0.2, 0.25) is 0 Å². The highest BCUT2D eigenvalue weighted by atomic mass is 16.5. The molecule has 18 heavy (non-hydrogen) atoms. The summed E-state index contributed by atoms with van der Waals surface area (Å²) in [5.74, 6) is 0.781. The van der Waals surface area contributed by atoms with Crippen molar-refractivity contribution in [1.82, 2.24) is 25.1 Å². The molecule has 2 heterocycles. The molecule has 0 spiro atoms. The first kappa shape index (κ1) is 13.4. The van der Waals surface area contributed by atoms with Gasteiger partial charge in [0.25, 0.3) is 0 Å². The summed E-state index contributed by atoms with van der Waals surface area (Å²) in [7, 11) is 0. The van der Waals surface area contributed by atoms with E-state index in [0.29, 0.717) is 0 Å². The minimum atomic E-state index is -0.111. The van der Waals surface area contributed by atoms with Crippen LogP contribution in [-0.2, 0) is 16.8 Å². The molecule has 0 unspecified atom stereocenters. The van der Waals surface area contributed by atoms with E-state index in [2.05, 4.69) is 48.0 Å². The fourth-order valence-corrected chi connectivity index (χ4v) is 2.24. The van der Waals surface area contributed by atoms with Crippen molar-refractivity contribution >= 4 is 0 Å². The van der Waals surface area contributed by atoms with Gasteiger partial charge in [-0.3, -0.25) is 4.90 Å². The second-order valence-corrected chi connectivity index (χ2v) is 6.19. The van der Waals surface area contributed by atoms with Gasteiger partial charge in [0.2, 0.25) is 0 Å². The van der Waals surface area contributed by atoms with Crippen molar-refractivity contribution in [1.29, 1.82) is 0 Å². The molecule has 1 aromatic rings. The molecule has 0 bridgehead atoms. The van der Waals surface area contributed by atoms with Gasteiger partial charge in [-0.25, -0.2) is 0 Å². The van der Waals surface area contributed by atoms with Gasteiger partial charge in [-0.05, 0) is 39.8 Å². The Morgan fingerprint density at radius 2 is 2.00 bits per heavy atom. The van der Waals surface area contributed by atoms with Crippen LogP contribution in [0.15, 0.2) is 0 Å². The number of likely N-dealkylation sites (tertiary alicyclic amines) is 1. The Kier molecular flexibility index (Phi) is 3.42. The lowest BCUT2D eigenvalue weighted by Crippen LogP contribution is -2.60. The number of hydrogen-bond donors (Lipinski definition) is 0. The summed E-state index contributed by atoms with van der Waals surface area (Å²) in [5.41, 5.74) is -0.102. The van der Waals surface area contributed by atoms with Crippen LogP contribution in [0.25, 0.3) is 0 Å². The highest BCUT2D eigenvalue weighted by molar-refractivity contribution is 4.95. The Bertz CT molecular complexity index is 403. The summed E-state index contributed by atoms with van der Waals surface area (Å²) in [6, 6.07) is 0. The molecule has 0 amide bonds. The Morgan fingerprint density at radius 1 is 1.33 bits per heavy atom. The van der Waals surface area contributed by atoms with E-state index in [-0.39, 0.29) is 11.1 Å². The highest BCUT2D eigenvalue weighted by Gasteiger charge is 2.39. The summed E-state index contributed by atoms with van der Waals surface area (Å²) in [4.78, 5) is 3.95. The maximum absolute atomic E-state index is 5.69. The zero-order valence-corrected chi connectivity index (χ0v) is 12.0. The van der Waals surface area contributed by atoms with E-state index in [0.717, 1.165) is 32.1 Å². The Morgan fingerprint density at radius 3 is 2.50 bits per heavy atom. The van der Waals surface area contributed by atoms with Gasteiger partial charge in [-0.15, -0.1) is 10.2 Å². The van der Waals surface area contributed by atoms with Gasteiger partial charge >= 0.3 is 0 Å². The molecule has 1 aliphatic rings. The van der Waals surface area contributed by atoms with Crippen LogP contribution in [0.4, 0.5) is 0 Å². The molecule has 0 aliphatic carbocycles. The molecule has 1 fully saturated rings. The first-order chi connectivity index (χ1) is 8.32. The number of tetrazole rings is 1. The van der Waals surface area contributed by atoms with Crippen molar-refractivity contribution < 1.29 is 4.74 Å². The van der Waals surface area contributed by atoms with Crippen LogP contribution in [0.3, 0.4) is 0 Å². The molecule has 2 rings (SSSR count). The van der Waals surface area contributed by atoms with Crippen LogP contribution >= 0.6 is 0 Å². The van der Waals surface area contributed by atoms with Gasteiger partial charge in [0.05, 0.1) is 17.7 Å². The molecular formula is C12H23N5O. The van der Waals surface area contributed by atoms with E-state index in [1.54, 1.807) is 4.80 Å². The lowest BCUT2D eigenvalue weighted by atomic mass is 9.96. The zero-order valence-electron chi connectivity index (χ0n) is 12.0. The molecule has 102 valence electrons. The minimum absolute atomic E-state index is 0.00870. The van der Waals surface area contributed by atoms with E-state index in [1.807, 2.05) is 6.92 Å². The summed E-state index contributed by atoms with van der Waals surface area (Å²) < 4.78 is 5.69. The summed E-state index contributed by atoms with van der Waals surface area (Å²) in [6.45, 7) is 13.8. The quantitative estimate of drug-likeness (QED) is 0.802. The first-order valence-electron chi connectivity index (χ1n) is 6.48. The molecule has 1 aromatic heterocycles. The van der Waals surface area contributed by atoms with Crippen LogP contribution in [-0.4, -0.2) is 50.4 Å². The molecule has 6 heteroatoms.